The minimum Gasteiger partial charge on any atom is -0.464 e. The van der Waals surface area contributed by atoms with Gasteiger partial charge in [-0.1, -0.05) is 29.8 Å². The number of nitrogens with zero attached hydrogens (tertiary/aromatic N) is 1. The quantitative estimate of drug-likeness (QED) is 0.769. The second-order valence-corrected chi connectivity index (χ2v) is 4.14. The number of rotatable bonds is 4. The van der Waals surface area contributed by atoms with Crippen molar-refractivity contribution in [2.24, 2.45) is 0 Å². The summed E-state index contributed by atoms with van der Waals surface area (Å²) in [6, 6.07) is 7.93. The predicted octanol–water partition coefficient (Wildman–Crippen LogP) is 2.39. The SMILES string of the molecule is Cc1ccc(CN(NC(C)C)C(=O)O)cc1. The number of aryl methyl sites for hydroxylation is 1. The van der Waals surface area contributed by atoms with Crippen LogP contribution in [0.5, 0.6) is 0 Å². The molecule has 0 bridgehead atoms. The Bertz CT molecular complexity index is 347. The lowest BCUT2D eigenvalue weighted by Crippen LogP contribution is -2.44. The molecule has 1 amide bonds. The molecule has 0 aliphatic heterocycles. The molecule has 4 heteroatoms. The average molecular weight is 222 g/mol. The van der Waals surface area contributed by atoms with Crippen LogP contribution in [0.3, 0.4) is 0 Å². The molecule has 0 aliphatic rings. The fraction of sp³-hybridized carbons (Fsp3) is 0.417. The van der Waals surface area contributed by atoms with Gasteiger partial charge in [0.25, 0.3) is 0 Å². The molecule has 2 N–H and O–H groups in total. The van der Waals surface area contributed by atoms with Crippen LogP contribution < -0.4 is 5.43 Å². The number of carbonyl (C=O) groups is 1. The average Bonchev–Trinajstić information content (AvgIpc) is 2.19. The largest absolute Gasteiger partial charge is 0.464 e. The van der Waals surface area contributed by atoms with E-state index in [1.807, 2.05) is 45.0 Å². The van der Waals surface area contributed by atoms with E-state index in [0.29, 0.717) is 6.54 Å². The second-order valence-electron chi connectivity index (χ2n) is 4.14. The third-order valence-electron chi connectivity index (χ3n) is 2.11. The molecule has 0 heterocycles. The standard InChI is InChI=1S/C12H18N2O2/c1-9(2)13-14(12(15)16)8-11-6-4-10(3)5-7-11/h4-7,9,13H,8H2,1-3H3,(H,15,16). The zero-order chi connectivity index (χ0) is 12.1. The highest BCUT2D eigenvalue weighted by molar-refractivity contribution is 5.64. The maximum absolute atomic E-state index is 11.0. The summed E-state index contributed by atoms with van der Waals surface area (Å²) in [5.74, 6) is 0. The van der Waals surface area contributed by atoms with Crippen LogP contribution in [0.1, 0.15) is 25.0 Å². The van der Waals surface area contributed by atoms with Crippen molar-refractivity contribution in [3.8, 4) is 0 Å². The summed E-state index contributed by atoms with van der Waals surface area (Å²) in [5, 5.41) is 10.2. The Morgan fingerprint density at radius 2 is 1.94 bits per heavy atom. The van der Waals surface area contributed by atoms with Crippen LogP contribution in [0.2, 0.25) is 0 Å². The van der Waals surface area contributed by atoms with Crippen molar-refractivity contribution in [1.82, 2.24) is 10.4 Å². The normalized spacial score (nSPS) is 10.5. The van der Waals surface area contributed by atoms with Gasteiger partial charge in [-0.3, -0.25) is 0 Å². The van der Waals surface area contributed by atoms with E-state index in [4.69, 9.17) is 5.11 Å². The fourth-order valence-corrected chi connectivity index (χ4v) is 1.36. The van der Waals surface area contributed by atoms with E-state index in [1.54, 1.807) is 0 Å². The van der Waals surface area contributed by atoms with E-state index in [0.717, 1.165) is 5.56 Å². The number of benzene rings is 1. The van der Waals surface area contributed by atoms with E-state index in [2.05, 4.69) is 5.43 Å². The first-order valence-electron chi connectivity index (χ1n) is 5.31. The Kier molecular flexibility index (Phi) is 4.31. The Labute approximate surface area is 95.9 Å². The summed E-state index contributed by atoms with van der Waals surface area (Å²) in [4.78, 5) is 11.0. The van der Waals surface area contributed by atoms with Crippen LogP contribution in [0.4, 0.5) is 4.79 Å². The number of hydrogen-bond donors (Lipinski definition) is 2. The minimum absolute atomic E-state index is 0.0987. The lowest BCUT2D eigenvalue weighted by Gasteiger charge is -2.22. The third kappa shape index (κ3) is 3.90. The molecule has 0 atom stereocenters. The lowest BCUT2D eigenvalue weighted by molar-refractivity contribution is 0.108. The zero-order valence-electron chi connectivity index (χ0n) is 9.90. The van der Waals surface area contributed by atoms with Crippen LogP contribution >= 0.6 is 0 Å². The van der Waals surface area contributed by atoms with Gasteiger partial charge in [-0.2, -0.15) is 0 Å². The van der Waals surface area contributed by atoms with Gasteiger partial charge in [-0.05, 0) is 26.3 Å². The summed E-state index contributed by atoms with van der Waals surface area (Å²) >= 11 is 0. The first-order chi connectivity index (χ1) is 7.49. The van der Waals surface area contributed by atoms with Gasteiger partial charge in [0, 0.05) is 6.04 Å². The molecule has 1 rings (SSSR count). The lowest BCUT2D eigenvalue weighted by atomic mass is 10.1. The maximum Gasteiger partial charge on any atom is 0.422 e. The van der Waals surface area contributed by atoms with E-state index in [1.165, 1.54) is 10.6 Å². The Morgan fingerprint density at radius 3 is 2.38 bits per heavy atom. The predicted molar refractivity (Wildman–Crippen MR) is 63.0 cm³/mol. The van der Waals surface area contributed by atoms with E-state index < -0.39 is 6.09 Å². The van der Waals surface area contributed by atoms with Crippen LogP contribution in [0, 0.1) is 6.92 Å². The molecule has 0 saturated carbocycles. The van der Waals surface area contributed by atoms with Crippen molar-refractivity contribution in [2.75, 3.05) is 0 Å². The van der Waals surface area contributed by atoms with Crippen LogP contribution in [0.15, 0.2) is 24.3 Å². The second kappa shape index (κ2) is 5.51. The Hall–Kier alpha value is -1.55. The van der Waals surface area contributed by atoms with Crippen LogP contribution in [-0.2, 0) is 6.54 Å². The number of nitrogens with one attached hydrogen (secondary N) is 1. The number of amides is 1. The molecule has 0 aromatic heterocycles. The fourth-order valence-electron chi connectivity index (χ4n) is 1.36. The van der Waals surface area contributed by atoms with Gasteiger partial charge in [0.1, 0.15) is 0 Å². The Morgan fingerprint density at radius 1 is 1.38 bits per heavy atom. The molecular formula is C12H18N2O2. The van der Waals surface area contributed by atoms with E-state index >= 15 is 0 Å². The summed E-state index contributed by atoms with van der Waals surface area (Å²) in [6.45, 7) is 6.18. The smallest absolute Gasteiger partial charge is 0.422 e. The van der Waals surface area contributed by atoms with Crippen molar-refractivity contribution >= 4 is 6.09 Å². The highest BCUT2D eigenvalue weighted by Crippen LogP contribution is 2.06. The van der Waals surface area contributed by atoms with Crippen molar-refractivity contribution in [3.63, 3.8) is 0 Å². The summed E-state index contributed by atoms with van der Waals surface area (Å²) in [7, 11) is 0. The summed E-state index contributed by atoms with van der Waals surface area (Å²) < 4.78 is 0. The Balaban J connectivity index is 2.68. The van der Waals surface area contributed by atoms with Gasteiger partial charge < -0.3 is 5.11 Å². The van der Waals surface area contributed by atoms with Gasteiger partial charge in [0.2, 0.25) is 0 Å². The van der Waals surface area contributed by atoms with Gasteiger partial charge in [-0.25, -0.2) is 15.2 Å². The third-order valence-corrected chi connectivity index (χ3v) is 2.11. The topological polar surface area (TPSA) is 52.6 Å². The first-order valence-corrected chi connectivity index (χ1v) is 5.31. The zero-order valence-corrected chi connectivity index (χ0v) is 9.90. The van der Waals surface area contributed by atoms with Crippen LogP contribution in [-0.4, -0.2) is 22.3 Å². The molecule has 0 spiro atoms. The van der Waals surface area contributed by atoms with E-state index in [-0.39, 0.29) is 6.04 Å². The van der Waals surface area contributed by atoms with Gasteiger partial charge in [0.15, 0.2) is 0 Å². The molecule has 16 heavy (non-hydrogen) atoms. The highest BCUT2D eigenvalue weighted by atomic mass is 16.4. The van der Waals surface area contributed by atoms with Gasteiger partial charge in [0.05, 0.1) is 6.54 Å². The number of hydrogen-bond acceptors (Lipinski definition) is 2. The molecule has 4 nitrogen and oxygen atoms in total. The van der Waals surface area contributed by atoms with Gasteiger partial charge >= 0.3 is 6.09 Å². The molecule has 0 unspecified atom stereocenters. The van der Waals surface area contributed by atoms with Gasteiger partial charge in [-0.15, -0.1) is 0 Å². The maximum atomic E-state index is 11.0. The summed E-state index contributed by atoms with van der Waals surface area (Å²) in [5.41, 5.74) is 5.02. The highest BCUT2D eigenvalue weighted by Gasteiger charge is 2.12. The van der Waals surface area contributed by atoms with Crippen molar-refractivity contribution in [1.29, 1.82) is 0 Å². The monoisotopic (exact) mass is 222 g/mol. The van der Waals surface area contributed by atoms with Crippen LogP contribution in [0.25, 0.3) is 0 Å². The van der Waals surface area contributed by atoms with E-state index in [9.17, 15) is 4.79 Å². The molecule has 0 saturated heterocycles. The molecule has 0 aliphatic carbocycles. The first kappa shape index (κ1) is 12.5. The molecule has 1 aromatic carbocycles. The van der Waals surface area contributed by atoms with Crippen molar-refractivity contribution in [2.45, 2.75) is 33.4 Å². The number of carboxylic acid groups (broad SMARTS) is 1. The van der Waals surface area contributed by atoms with Crippen molar-refractivity contribution in [3.05, 3.63) is 35.4 Å². The minimum atomic E-state index is -0.964. The molecular weight excluding hydrogens is 204 g/mol. The molecule has 88 valence electrons. The molecule has 1 aromatic rings. The number of hydrazine groups is 1. The molecule has 0 radical (unpaired) electrons. The van der Waals surface area contributed by atoms with Crippen molar-refractivity contribution < 1.29 is 9.90 Å². The molecule has 0 fully saturated rings. The summed E-state index contributed by atoms with van der Waals surface area (Å²) in [6.07, 6.45) is -0.964.